The van der Waals surface area contributed by atoms with Crippen LogP contribution in [0.4, 0.5) is 4.79 Å². The maximum Gasteiger partial charge on any atom is 0.421 e. The lowest BCUT2D eigenvalue weighted by Crippen LogP contribution is -2.35. The van der Waals surface area contributed by atoms with Gasteiger partial charge in [0.2, 0.25) is 5.90 Å². The molecule has 3 aromatic carbocycles. The number of carbonyl (C=O) groups excluding carboxylic acids is 1. The highest BCUT2D eigenvalue weighted by Crippen LogP contribution is 2.31. The second kappa shape index (κ2) is 13.2. The van der Waals surface area contributed by atoms with Crippen LogP contribution in [0.5, 0.6) is 0 Å². The maximum atomic E-state index is 12.9. The monoisotopic (exact) mass is 594 g/mol. The SMILES string of the molecule is Cc1ccc(S(=O)(=O)NC(=O)OC(/C=C/COC(=N)C(Cl)(Cl)Cl)C(c2ccccc2)c2ccccc2)cc1. The molecule has 200 valence electrons. The minimum atomic E-state index is -4.18. The first-order chi connectivity index (χ1) is 18.0. The average Bonchev–Trinajstić information content (AvgIpc) is 2.87. The van der Waals surface area contributed by atoms with Crippen molar-refractivity contribution in [3.63, 3.8) is 0 Å². The fourth-order valence-corrected chi connectivity index (χ4v) is 4.59. The Bertz CT molecular complexity index is 1320. The van der Waals surface area contributed by atoms with E-state index in [1.54, 1.807) is 12.1 Å². The van der Waals surface area contributed by atoms with Crippen LogP contribution in [0.3, 0.4) is 0 Å². The van der Waals surface area contributed by atoms with Gasteiger partial charge in [0.05, 0.1) is 4.90 Å². The molecule has 3 aromatic rings. The van der Waals surface area contributed by atoms with Gasteiger partial charge in [0.1, 0.15) is 12.7 Å². The summed E-state index contributed by atoms with van der Waals surface area (Å²) in [5.41, 5.74) is 2.50. The first-order valence-corrected chi connectivity index (χ1v) is 13.9. The summed E-state index contributed by atoms with van der Waals surface area (Å²) in [6, 6.07) is 24.6. The van der Waals surface area contributed by atoms with Crippen LogP contribution < -0.4 is 4.72 Å². The number of hydrogen-bond donors (Lipinski definition) is 2. The Morgan fingerprint density at radius 3 is 1.97 bits per heavy atom. The van der Waals surface area contributed by atoms with Crippen molar-refractivity contribution < 1.29 is 22.7 Å². The van der Waals surface area contributed by atoms with Crippen molar-refractivity contribution in [1.82, 2.24) is 4.72 Å². The van der Waals surface area contributed by atoms with Crippen LogP contribution in [-0.2, 0) is 19.5 Å². The van der Waals surface area contributed by atoms with Gasteiger partial charge in [-0.25, -0.2) is 17.9 Å². The van der Waals surface area contributed by atoms with E-state index < -0.39 is 37.8 Å². The summed E-state index contributed by atoms with van der Waals surface area (Å²) in [6.07, 6.45) is 0.899. The number of nitrogens with one attached hydrogen (secondary N) is 2. The van der Waals surface area contributed by atoms with E-state index in [0.29, 0.717) is 0 Å². The fourth-order valence-electron chi connectivity index (χ4n) is 3.55. The highest BCUT2D eigenvalue weighted by atomic mass is 35.6. The van der Waals surface area contributed by atoms with Gasteiger partial charge >= 0.3 is 6.09 Å². The molecule has 0 fully saturated rings. The van der Waals surface area contributed by atoms with Crippen LogP contribution in [0, 0.1) is 12.3 Å². The lowest BCUT2D eigenvalue weighted by Gasteiger charge is -2.26. The third kappa shape index (κ3) is 8.49. The number of ether oxygens (including phenoxy) is 2. The number of aryl methyl sites for hydroxylation is 1. The molecule has 7 nitrogen and oxygen atoms in total. The van der Waals surface area contributed by atoms with E-state index >= 15 is 0 Å². The number of alkyl halides is 3. The number of rotatable bonds is 9. The first-order valence-electron chi connectivity index (χ1n) is 11.3. The minimum absolute atomic E-state index is 0.0755. The molecule has 0 heterocycles. The molecule has 1 atom stereocenters. The average molecular weight is 596 g/mol. The predicted octanol–water partition coefficient (Wildman–Crippen LogP) is 6.53. The zero-order valence-electron chi connectivity index (χ0n) is 20.2. The minimum Gasteiger partial charge on any atom is -0.474 e. The van der Waals surface area contributed by atoms with Gasteiger partial charge < -0.3 is 9.47 Å². The third-order valence-electron chi connectivity index (χ3n) is 5.35. The van der Waals surface area contributed by atoms with Crippen molar-refractivity contribution in [3.8, 4) is 0 Å². The van der Waals surface area contributed by atoms with E-state index in [1.807, 2.05) is 72.3 Å². The Hall–Kier alpha value is -3.04. The molecule has 2 N–H and O–H groups in total. The van der Waals surface area contributed by atoms with Crippen molar-refractivity contribution in [2.75, 3.05) is 6.61 Å². The molecule has 0 aromatic heterocycles. The van der Waals surface area contributed by atoms with E-state index in [0.717, 1.165) is 16.7 Å². The topological polar surface area (TPSA) is 106 Å². The largest absolute Gasteiger partial charge is 0.474 e. The van der Waals surface area contributed by atoms with Crippen LogP contribution in [-0.4, -0.2) is 36.9 Å². The Balaban J connectivity index is 1.90. The van der Waals surface area contributed by atoms with Crippen LogP contribution in [0.2, 0.25) is 0 Å². The second-order valence-corrected chi connectivity index (χ2v) is 12.1. The summed E-state index contributed by atoms with van der Waals surface area (Å²) in [5, 5.41) is 7.67. The van der Waals surface area contributed by atoms with Gasteiger partial charge in [-0.2, -0.15) is 0 Å². The van der Waals surface area contributed by atoms with E-state index in [2.05, 4.69) is 0 Å². The Morgan fingerprint density at radius 1 is 0.947 bits per heavy atom. The van der Waals surface area contributed by atoms with Crippen LogP contribution in [0.15, 0.2) is 102 Å². The summed E-state index contributed by atoms with van der Waals surface area (Å²) < 4.78 is 36.3. The smallest absolute Gasteiger partial charge is 0.421 e. The molecule has 1 unspecified atom stereocenters. The van der Waals surface area contributed by atoms with Crippen molar-refractivity contribution in [2.45, 2.75) is 27.6 Å². The van der Waals surface area contributed by atoms with Crippen LogP contribution in [0.1, 0.15) is 22.6 Å². The number of hydrogen-bond acceptors (Lipinski definition) is 6. The number of amides is 1. The number of benzene rings is 3. The second-order valence-electron chi connectivity index (χ2n) is 8.15. The zero-order valence-corrected chi connectivity index (χ0v) is 23.3. The molecule has 38 heavy (non-hydrogen) atoms. The molecule has 0 aliphatic carbocycles. The van der Waals surface area contributed by atoms with Crippen molar-refractivity contribution >= 4 is 56.8 Å². The van der Waals surface area contributed by atoms with Crippen LogP contribution >= 0.6 is 34.8 Å². The summed E-state index contributed by atoms with van der Waals surface area (Å²) in [7, 11) is -4.18. The van der Waals surface area contributed by atoms with Gasteiger partial charge in [-0.1, -0.05) is 113 Å². The standard InChI is InChI=1S/C27H25Cl3N2O5S/c1-19-14-16-22(17-15-19)38(34,35)32-26(33)37-23(13-8-18-36-25(31)27(28,29)30)24(20-9-4-2-5-10-20)21-11-6-3-7-12-21/h2-17,23-24,31H,18H2,1H3,(H,32,33)/b13-8+,31-25?. The third-order valence-corrected chi connectivity index (χ3v) is 7.19. The number of carbonyl (C=O) groups is 1. The van der Waals surface area contributed by atoms with Gasteiger partial charge in [-0.3, -0.25) is 5.41 Å². The summed E-state index contributed by atoms with van der Waals surface area (Å²) in [4.78, 5) is 12.8. The molecule has 0 saturated heterocycles. The van der Waals surface area contributed by atoms with E-state index in [4.69, 9.17) is 49.7 Å². The van der Waals surface area contributed by atoms with Crippen molar-refractivity contribution in [2.24, 2.45) is 0 Å². The lowest BCUT2D eigenvalue weighted by molar-refractivity contribution is 0.117. The molecule has 0 spiro atoms. The number of sulfonamides is 1. The molecule has 0 radical (unpaired) electrons. The molecule has 0 saturated carbocycles. The fraction of sp³-hybridized carbons (Fsp3) is 0.185. The molecule has 3 rings (SSSR count). The van der Waals surface area contributed by atoms with Gasteiger partial charge in [-0.05, 0) is 42.3 Å². The van der Waals surface area contributed by atoms with Crippen molar-refractivity contribution in [3.05, 3.63) is 114 Å². The Labute approximate surface area is 236 Å². The molecular weight excluding hydrogens is 571 g/mol. The predicted molar refractivity (Wildman–Crippen MR) is 150 cm³/mol. The quantitative estimate of drug-likeness (QED) is 0.127. The molecule has 1 amide bonds. The van der Waals surface area contributed by atoms with Gasteiger partial charge in [0.25, 0.3) is 13.8 Å². The van der Waals surface area contributed by atoms with E-state index in [9.17, 15) is 13.2 Å². The Morgan fingerprint density at radius 2 is 1.47 bits per heavy atom. The molecule has 0 aliphatic rings. The van der Waals surface area contributed by atoms with E-state index in [1.165, 1.54) is 24.3 Å². The summed E-state index contributed by atoms with van der Waals surface area (Å²) in [5.74, 6) is -1.08. The normalized spacial score (nSPS) is 12.8. The van der Waals surface area contributed by atoms with Gasteiger partial charge in [0, 0.05) is 5.92 Å². The highest BCUT2D eigenvalue weighted by Gasteiger charge is 2.30. The lowest BCUT2D eigenvalue weighted by atomic mass is 9.86. The molecule has 0 bridgehead atoms. The molecule has 0 aliphatic heterocycles. The summed E-state index contributed by atoms with van der Waals surface area (Å²) >= 11 is 16.9. The van der Waals surface area contributed by atoms with Crippen LogP contribution in [0.25, 0.3) is 0 Å². The van der Waals surface area contributed by atoms with Gasteiger partial charge in [0.15, 0.2) is 0 Å². The van der Waals surface area contributed by atoms with E-state index in [-0.39, 0.29) is 11.5 Å². The molecule has 11 heteroatoms. The Kier molecular flexibility index (Phi) is 10.2. The maximum absolute atomic E-state index is 12.9. The highest BCUT2D eigenvalue weighted by molar-refractivity contribution is 7.90. The first kappa shape index (κ1) is 29.5. The van der Waals surface area contributed by atoms with Gasteiger partial charge in [-0.15, -0.1) is 0 Å². The van der Waals surface area contributed by atoms with Crippen molar-refractivity contribution in [1.29, 1.82) is 5.41 Å². The zero-order chi connectivity index (χ0) is 27.8. The molecular formula is C27H25Cl3N2O5S. The number of halogens is 3. The summed E-state index contributed by atoms with van der Waals surface area (Å²) in [6.45, 7) is 1.66.